The molecule has 1 heterocycles. The highest BCUT2D eigenvalue weighted by atomic mass is 32.2. The van der Waals surface area contributed by atoms with Crippen molar-refractivity contribution >= 4 is 16.8 Å². The minimum absolute atomic E-state index is 0.236. The number of aliphatic imine (C=N–C) groups is 1. The van der Waals surface area contributed by atoms with Gasteiger partial charge in [-0.15, -0.1) is 0 Å². The minimum atomic E-state index is -0.748. The van der Waals surface area contributed by atoms with Crippen LogP contribution in [0, 0.1) is 0 Å². The van der Waals surface area contributed by atoms with Gasteiger partial charge in [-0.3, -0.25) is 9.20 Å². The molecule has 7 heteroatoms. The molecule has 0 aromatic carbocycles. The van der Waals surface area contributed by atoms with Gasteiger partial charge in [0.05, 0.1) is 12.8 Å². The maximum absolute atomic E-state index is 12.1. The van der Waals surface area contributed by atoms with E-state index in [2.05, 4.69) is 15.6 Å². The topological polar surface area (TPSA) is 86.9 Å². The SMILES string of the molecule is CCNC(=NCC(O)c1ccco1)NC1CCCC(S(=O)CC)C1. The predicted molar refractivity (Wildman–Crippen MR) is 97.5 cm³/mol. The van der Waals surface area contributed by atoms with Crippen molar-refractivity contribution in [1.29, 1.82) is 0 Å². The van der Waals surface area contributed by atoms with Gasteiger partial charge in [0.2, 0.25) is 0 Å². The molecule has 0 saturated heterocycles. The predicted octanol–water partition coefficient (Wildman–Crippen LogP) is 1.95. The Balaban J connectivity index is 1.92. The first-order valence-electron chi connectivity index (χ1n) is 8.77. The summed E-state index contributed by atoms with van der Waals surface area (Å²) in [5.41, 5.74) is 0. The average Bonchev–Trinajstić information content (AvgIpc) is 3.14. The average molecular weight is 356 g/mol. The van der Waals surface area contributed by atoms with Crippen LogP contribution in [0.25, 0.3) is 0 Å². The Kier molecular flexibility index (Phi) is 7.78. The van der Waals surface area contributed by atoms with E-state index in [0.29, 0.717) is 11.7 Å². The molecule has 4 atom stereocenters. The third-order valence-electron chi connectivity index (χ3n) is 4.26. The van der Waals surface area contributed by atoms with Crippen molar-refractivity contribution in [3.05, 3.63) is 24.2 Å². The summed E-state index contributed by atoms with van der Waals surface area (Å²) in [7, 11) is -0.737. The first-order chi connectivity index (χ1) is 11.6. The zero-order valence-corrected chi connectivity index (χ0v) is 15.3. The Bertz CT molecular complexity index is 533. The molecule has 0 radical (unpaired) electrons. The Hall–Kier alpha value is -1.34. The number of aliphatic hydroxyl groups excluding tert-OH is 1. The summed E-state index contributed by atoms with van der Waals surface area (Å²) in [5, 5.41) is 17.0. The zero-order valence-electron chi connectivity index (χ0n) is 14.5. The van der Waals surface area contributed by atoms with E-state index >= 15 is 0 Å². The summed E-state index contributed by atoms with van der Waals surface area (Å²) in [6, 6.07) is 3.77. The summed E-state index contributed by atoms with van der Waals surface area (Å²) in [5.74, 6) is 1.93. The number of hydrogen-bond donors (Lipinski definition) is 3. The summed E-state index contributed by atoms with van der Waals surface area (Å²) in [4.78, 5) is 4.46. The van der Waals surface area contributed by atoms with Crippen molar-refractivity contribution in [3.8, 4) is 0 Å². The molecule has 1 aromatic heterocycles. The van der Waals surface area contributed by atoms with E-state index in [1.165, 1.54) is 0 Å². The smallest absolute Gasteiger partial charge is 0.191 e. The minimum Gasteiger partial charge on any atom is -0.467 e. The largest absolute Gasteiger partial charge is 0.467 e. The van der Waals surface area contributed by atoms with Crippen molar-refractivity contribution in [1.82, 2.24) is 10.6 Å². The Morgan fingerprint density at radius 2 is 2.33 bits per heavy atom. The molecule has 0 aliphatic heterocycles. The third kappa shape index (κ3) is 5.63. The fraction of sp³-hybridized carbons (Fsp3) is 0.706. The molecule has 4 unspecified atom stereocenters. The molecule has 2 rings (SSSR count). The second kappa shape index (κ2) is 9.84. The van der Waals surface area contributed by atoms with Crippen molar-refractivity contribution in [2.45, 2.75) is 56.9 Å². The van der Waals surface area contributed by atoms with E-state index in [1.54, 1.807) is 18.4 Å². The molecule has 24 heavy (non-hydrogen) atoms. The van der Waals surface area contributed by atoms with E-state index in [1.807, 2.05) is 13.8 Å². The standard InChI is InChI=1S/C17H29N3O3S/c1-3-18-17(19-12-15(21)16-9-6-10-23-16)20-13-7-5-8-14(11-13)24(22)4-2/h6,9-10,13-15,21H,3-5,7-8,11-12H2,1-2H3,(H2,18,19,20). The van der Waals surface area contributed by atoms with Crippen LogP contribution in [0.5, 0.6) is 0 Å². The molecule has 1 aliphatic carbocycles. The summed E-state index contributed by atoms with van der Waals surface area (Å²) in [6.07, 6.45) is 4.89. The van der Waals surface area contributed by atoms with Crippen LogP contribution < -0.4 is 10.6 Å². The van der Waals surface area contributed by atoms with Gasteiger partial charge in [0.15, 0.2) is 5.96 Å². The molecule has 0 spiro atoms. The first-order valence-corrected chi connectivity index (χ1v) is 10.2. The maximum Gasteiger partial charge on any atom is 0.191 e. The first kappa shape index (κ1) is 19.0. The lowest BCUT2D eigenvalue weighted by molar-refractivity contribution is 0.158. The maximum atomic E-state index is 12.1. The number of nitrogens with zero attached hydrogens (tertiary/aromatic N) is 1. The van der Waals surface area contributed by atoms with Crippen LogP contribution in [0.2, 0.25) is 0 Å². The molecule has 6 nitrogen and oxygen atoms in total. The van der Waals surface area contributed by atoms with Gasteiger partial charge in [-0.25, -0.2) is 0 Å². The van der Waals surface area contributed by atoms with Crippen LogP contribution in [0.15, 0.2) is 27.8 Å². The van der Waals surface area contributed by atoms with E-state index in [-0.39, 0.29) is 17.8 Å². The fourth-order valence-corrected chi connectivity index (χ4v) is 4.36. The Labute approximate surface area is 146 Å². The molecule has 1 aliphatic rings. The van der Waals surface area contributed by atoms with Gasteiger partial charge in [0.25, 0.3) is 0 Å². The van der Waals surface area contributed by atoms with Gasteiger partial charge in [-0.2, -0.15) is 0 Å². The number of aliphatic hydroxyl groups is 1. The Morgan fingerprint density at radius 3 is 3.00 bits per heavy atom. The molecule has 3 N–H and O–H groups in total. The summed E-state index contributed by atoms with van der Waals surface area (Å²) >= 11 is 0. The van der Waals surface area contributed by atoms with E-state index in [9.17, 15) is 9.32 Å². The highest BCUT2D eigenvalue weighted by molar-refractivity contribution is 7.85. The molecular formula is C17H29N3O3S. The van der Waals surface area contributed by atoms with Crippen LogP contribution in [-0.2, 0) is 10.8 Å². The molecule has 1 aromatic rings. The second-order valence-electron chi connectivity index (χ2n) is 6.05. The van der Waals surface area contributed by atoms with Gasteiger partial charge in [-0.1, -0.05) is 13.3 Å². The molecular weight excluding hydrogens is 326 g/mol. The normalized spacial score (nSPS) is 24.4. The van der Waals surface area contributed by atoms with Crippen LogP contribution >= 0.6 is 0 Å². The molecule has 0 bridgehead atoms. The highest BCUT2D eigenvalue weighted by Crippen LogP contribution is 2.23. The van der Waals surface area contributed by atoms with Gasteiger partial charge in [0, 0.05) is 34.4 Å². The van der Waals surface area contributed by atoms with Crippen molar-refractivity contribution < 1.29 is 13.7 Å². The van der Waals surface area contributed by atoms with Gasteiger partial charge in [0.1, 0.15) is 11.9 Å². The van der Waals surface area contributed by atoms with E-state index in [0.717, 1.165) is 38.0 Å². The number of nitrogens with one attached hydrogen (secondary N) is 2. The Morgan fingerprint density at radius 1 is 1.50 bits per heavy atom. The third-order valence-corrected chi connectivity index (χ3v) is 6.00. The quantitative estimate of drug-likeness (QED) is 0.514. The second-order valence-corrected chi connectivity index (χ2v) is 8.06. The number of hydrogen-bond acceptors (Lipinski definition) is 4. The van der Waals surface area contributed by atoms with Crippen LogP contribution in [0.4, 0.5) is 0 Å². The molecule has 0 amide bonds. The highest BCUT2D eigenvalue weighted by Gasteiger charge is 2.26. The van der Waals surface area contributed by atoms with Crippen molar-refractivity contribution in [2.24, 2.45) is 4.99 Å². The fourth-order valence-electron chi connectivity index (χ4n) is 3.01. The van der Waals surface area contributed by atoms with Gasteiger partial charge in [-0.05, 0) is 38.3 Å². The van der Waals surface area contributed by atoms with Gasteiger partial charge >= 0.3 is 0 Å². The van der Waals surface area contributed by atoms with Crippen LogP contribution in [-0.4, -0.2) is 45.4 Å². The monoisotopic (exact) mass is 355 g/mol. The lowest BCUT2D eigenvalue weighted by Crippen LogP contribution is -2.46. The van der Waals surface area contributed by atoms with E-state index in [4.69, 9.17) is 4.42 Å². The lowest BCUT2D eigenvalue weighted by Gasteiger charge is -2.30. The van der Waals surface area contributed by atoms with Crippen molar-refractivity contribution in [2.75, 3.05) is 18.8 Å². The van der Waals surface area contributed by atoms with Gasteiger partial charge < -0.3 is 20.2 Å². The summed E-state index contributed by atoms with van der Waals surface area (Å²) in [6.45, 7) is 4.98. The molecule has 136 valence electrons. The molecule has 1 fully saturated rings. The van der Waals surface area contributed by atoms with Crippen molar-refractivity contribution in [3.63, 3.8) is 0 Å². The van der Waals surface area contributed by atoms with Crippen LogP contribution in [0.1, 0.15) is 51.4 Å². The number of furan rings is 1. The molecule has 1 saturated carbocycles. The lowest BCUT2D eigenvalue weighted by atomic mass is 9.95. The van der Waals surface area contributed by atoms with Crippen LogP contribution in [0.3, 0.4) is 0 Å². The summed E-state index contributed by atoms with van der Waals surface area (Å²) < 4.78 is 17.3. The number of guanidine groups is 1. The zero-order chi connectivity index (χ0) is 17.4. The number of rotatable bonds is 7. The van der Waals surface area contributed by atoms with E-state index < -0.39 is 16.9 Å².